The molecule has 0 N–H and O–H groups in total. The molecule has 0 amide bonds. The van der Waals surface area contributed by atoms with Gasteiger partial charge in [-0.2, -0.15) is 0 Å². The molecule has 3 aromatic heterocycles. The fourth-order valence-electron chi connectivity index (χ4n) is 8.26. The Morgan fingerprint density at radius 3 is 1.75 bits per heavy atom. The Morgan fingerprint density at radius 1 is 0.353 bits per heavy atom. The lowest BCUT2D eigenvalue weighted by molar-refractivity contribution is 0.666. The highest BCUT2D eigenvalue weighted by Crippen LogP contribution is 2.42. The topological polar surface area (TPSA) is 23.0 Å². The molecular weight excluding hydrogens is 621 g/mol. The third kappa shape index (κ3) is 4.12. The van der Waals surface area contributed by atoms with Crippen molar-refractivity contribution in [2.45, 2.75) is 0 Å². The van der Waals surface area contributed by atoms with E-state index in [1.54, 1.807) is 0 Å². The van der Waals surface area contributed by atoms with Gasteiger partial charge in [0.25, 0.3) is 0 Å². The van der Waals surface area contributed by atoms with E-state index in [0.29, 0.717) is 0 Å². The Kier molecular flexibility index (Phi) is 5.96. The lowest BCUT2D eigenvalue weighted by Gasteiger charge is -2.11. The number of hydrogen-bond acceptors (Lipinski definition) is 1. The van der Waals surface area contributed by atoms with Gasteiger partial charge in [-0.15, -0.1) is 0 Å². The molecule has 0 radical (unpaired) electrons. The fraction of sp³-hybridized carbons (Fsp3) is 0. The van der Waals surface area contributed by atoms with Crippen LogP contribution in [0.1, 0.15) is 0 Å². The van der Waals surface area contributed by atoms with E-state index < -0.39 is 0 Å². The zero-order valence-corrected chi connectivity index (χ0v) is 27.6. The van der Waals surface area contributed by atoms with Gasteiger partial charge in [-0.3, -0.25) is 0 Å². The maximum Gasteiger partial charge on any atom is 0.159 e. The van der Waals surface area contributed by atoms with E-state index in [1.807, 2.05) is 12.1 Å². The molecule has 51 heavy (non-hydrogen) atoms. The first-order valence-electron chi connectivity index (χ1n) is 17.4. The SMILES string of the molecule is c1ccc(-c2cccc3c4cc(-c5ccc6c(c5)c5ccccc5n6-c5cccc6c5oc5ccccc56)ccc4n(-c4ccccc4)c23)cc1. The number of hydrogen-bond donors (Lipinski definition) is 0. The average molecular weight is 651 g/mol. The first-order chi connectivity index (χ1) is 25.3. The second kappa shape index (κ2) is 10.8. The van der Waals surface area contributed by atoms with E-state index in [-0.39, 0.29) is 0 Å². The largest absolute Gasteiger partial charge is 0.454 e. The molecule has 0 aliphatic rings. The third-order valence-electron chi connectivity index (χ3n) is 10.5. The molecule has 0 aliphatic heterocycles. The molecule has 0 fully saturated rings. The van der Waals surface area contributed by atoms with E-state index in [4.69, 9.17) is 4.42 Å². The van der Waals surface area contributed by atoms with Gasteiger partial charge in [0, 0.05) is 43.6 Å². The standard InChI is InChI=1S/C48H30N2O/c1-3-13-31(14-4-1)35-19-11-20-38-41-30-33(25-27-43(41)49(47(35)38)34-15-5-2-6-16-34)32-26-28-44-40(29-32)36-17-7-9-22-42(36)50(44)45-23-12-21-39-37-18-8-10-24-46(37)51-48(39)45/h1-30H. The van der Waals surface area contributed by atoms with Crippen molar-refractivity contribution in [3.63, 3.8) is 0 Å². The molecule has 0 bridgehead atoms. The Balaban J connectivity index is 1.14. The van der Waals surface area contributed by atoms with Crippen LogP contribution in [-0.4, -0.2) is 9.13 Å². The molecule has 11 aromatic rings. The van der Waals surface area contributed by atoms with Gasteiger partial charge in [0.1, 0.15) is 5.58 Å². The minimum atomic E-state index is 0.903. The van der Waals surface area contributed by atoms with Gasteiger partial charge in [0.15, 0.2) is 5.58 Å². The Labute approximate surface area is 293 Å². The summed E-state index contributed by atoms with van der Waals surface area (Å²) in [5.74, 6) is 0. The Hall–Kier alpha value is -6.84. The summed E-state index contributed by atoms with van der Waals surface area (Å²) in [5, 5.41) is 7.18. The van der Waals surface area contributed by atoms with Gasteiger partial charge in [-0.05, 0) is 71.3 Å². The first-order valence-corrected chi connectivity index (χ1v) is 17.4. The predicted octanol–water partition coefficient (Wildman–Crippen LogP) is 13.1. The molecule has 3 nitrogen and oxygen atoms in total. The van der Waals surface area contributed by atoms with Crippen molar-refractivity contribution in [3.05, 3.63) is 182 Å². The molecule has 0 atom stereocenters. The van der Waals surface area contributed by atoms with Gasteiger partial charge >= 0.3 is 0 Å². The van der Waals surface area contributed by atoms with E-state index in [2.05, 4.69) is 179 Å². The maximum atomic E-state index is 6.52. The summed E-state index contributed by atoms with van der Waals surface area (Å²) in [6, 6.07) is 65.4. The summed E-state index contributed by atoms with van der Waals surface area (Å²) in [4.78, 5) is 0. The lowest BCUT2D eigenvalue weighted by atomic mass is 9.99. The van der Waals surface area contributed by atoms with Crippen LogP contribution < -0.4 is 0 Å². The van der Waals surface area contributed by atoms with Crippen molar-refractivity contribution >= 4 is 65.6 Å². The highest BCUT2D eigenvalue weighted by molar-refractivity contribution is 6.16. The number of para-hydroxylation sites is 5. The number of benzene rings is 8. The number of fused-ring (bicyclic) bond motifs is 9. The summed E-state index contributed by atoms with van der Waals surface area (Å²) < 4.78 is 11.3. The van der Waals surface area contributed by atoms with Crippen molar-refractivity contribution in [1.82, 2.24) is 9.13 Å². The van der Waals surface area contributed by atoms with Crippen molar-refractivity contribution in [3.8, 4) is 33.6 Å². The summed E-state index contributed by atoms with van der Waals surface area (Å²) >= 11 is 0. The van der Waals surface area contributed by atoms with Crippen molar-refractivity contribution < 1.29 is 4.42 Å². The van der Waals surface area contributed by atoms with Crippen LogP contribution in [-0.2, 0) is 0 Å². The highest BCUT2D eigenvalue weighted by atomic mass is 16.3. The number of aromatic nitrogens is 2. The smallest absolute Gasteiger partial charge is 0.159 e. The maximum absolute atomic E-state index is 6.52. The molecule has 0 spiro atoms. The lowest BCUT2D eigenvalue weighted by Crippen LogP contribution is -1.95. The van der Waals surface area contributed by atoms with E-state index in [0.717, 1.165) is 44.3 Å². The van der Waals surface area contributed by atoms with E-state index in [9.17, 15) is 0 Å². The molecule has 3 heterocycles. The zero-order valence-electron chi connectivity index (χ0n) is 27.6. The van der Waals surface area contributed by atoms with Gasteiger partial charge in [0.2, 0.25) is 0 Å². The normalized spacial score (nSPS) is 11.9. The van der Waals surface area contributed by atoms with Crippen LogP contribution in [0.15, 0.2) is 186 Å². The molecule has 0 unspecified atom stereocenters. The van der Waals surface area contributed by atoms with E-state index in [1.165, 1.54) is 54.8 Å². The van der Waals surface area contributed by atoms with Crippen LogP contribution in [0.2, 0.25) is 0 Å². The van der Waals surface area contributed by atoms with Crippen LogP contribution in [0.3, 0.4) is 0 Å². The van der Waals surface area contributed by atoms with Gasteiger partial charge in [-0.25, -0.2) is 0 Å². The third-order valence-corrected chi connectivity index (χ3v) is 10.5. The first kappa shape index (κ1) is 28.0. The number of nitrogens with zero attached hydrogens (tertiary/aromatic N) is 2. The number of furan rings is 1. The molecule has 11 rings (SSSR count). The number of rotatable bonds is 4. The van der Waals surface area contributed by atoms with Crippen LogP contribution >= 0.6 is 0 Å². The molecule has 0 saturated heterocycles. The summed E-state index contributed by atoms with van der Waals surface area (Å²) in [7, 11) is 0. The van der Waals surface area contributed by atoms with Crippen molar-refractivity contribution in [2.24, 2.45) is 0 Å². The molecule has 8 aromatic carbocycles. The summed E-state index contributed by atoms with van der Waals surface area (Å²) in [6.45, 7) is 0. The summed E-state index contributed by atoms with van der Waals surface area (Å²) in [6.07, 6.45) is 0. The Bertz CT molecular complexity index is 3130. The molecule has 0 saturated carbocycles. The van der Waals surface area contributed by atoms with Crippen LogP contribution in [0.5, 0.6) is 0 Å². The van der Waals surface area contributed by atoms with E-state index >= 15 is 0 Å². The second-order valence-corrected chi connectivity index (χ2v) is 13.3. The quantitative estimate of drug-likeness (QED) is 0.186. The van der Waals surface area contributed by atoms with Crippen LogP contribution in [0.25, 0.3) is 99.2 Å². The minimum absolute atomic E-state index is 0.903. The summed E-state index contributed by atoms with van der Waals surface area (Å²) in [5.41, 5.74) is 13.6. The van der Waals surface area contributed by atoms with Gasteiger partial charge in [0.05, 0.1) is 27.8 Å². The van der Waals surface area contributed by atoms with Gasteiger partial charge in [-0.1, -0.05) is 127 Å². The minimum Gasteiger partial charge on any atom is -0.454 e. The highest BCUT2D eigenvalue weighted by Gasteiger charge is 2.20. The molecular formula is C48H30N2O. The Morgan fingerprint density at radius 2 is 0.941 bits per heavy atom. The fourth-order valence-corrected chi connectivity index (χ4v) is 8.26. The van der Waals surface area contributed by atoms with Crippen LogP contribution in [0, 0.1) is 0 Å². The van der Waals surface area contributed by atoms with Crippen LogP contribution in [0.4, 0.5) is 0 Å². The second-order valence-electron chi connectivity index (χ2n) is 13.3. The van der Waals surface area contributed by atoms with Crippen molar-refractivity contribution in [1.29, 1.82) is 0 Å². The zero-order chi connectivity index (χ0) is 33.5. The molecule has 3 heteroatoms. The monoisotopic (exact) mass is 650 g/mol. The molecule has 0 aliphatic carbocycles. The van der Waals surface area contributed by atoms with Gasteiger partial charge < -0.3 is 13.6 Å². The molecule has 238 valence electrons. The average Bonchev–Trinajstić information content (AvgIpc) is 3.86. The predicted molar refractivity (Wildman–Crippen MR) is 213 cm³/mol. The van der Waals surface area contributed by atoms with Crippen molar-refractivity contribution in [2.75, 3.05) is 0 Å².